The molecular weight excluding hydrogens is 400 g/mol. The number of rotatable bonds is 2. The summed E-state index contributed by atoms with van der Waals surface area (Å²) in [5.74, 6) is 0. The van der Waals surface area contributed by atoms with Gasteiger partial charge in [-0.3, -0.25) is 0 Å². The van der Waals surface area contributed by atoms with Crippen molar-refractivity contribution >= 4 is 3.90 Å². The molecule has 0 aliphatic heterocycles. The number of allylic oxidation sites excluding steroid dienone is 2. The van der Waals surface area contributed by atoms with Gasteiger partial charge in [-0.2, -0.15) is 0 Å². The second-order valence-electron chi connectivity index (χ2n) is 7.20. The Labute approximate surface area is 129 Å². The van der Waals surface area contributed by atoms with Crippen molar-refractivity contribution in [1.29, 1.82) is 0 Å². The molecule has 0 fully saturated rings. The number of benzene rings is 1. The van der Waals surface area contributed by atoms with Gasteiger partial charge in [-0.05, 0) is 0 Å². The van der Waals surface area contributed by atoms with E-state index in [2.05, 4.69) is 78.8 Å². The Morgan fingerprint density at radius 3 is 1.68 bits per heavy atom. The third-order valence-electron chi connectivity index (χ3n) is 3.51. The van der Waals surface area contributed by atoms with Gasteiger partial charge >= 0.3 is 130 Å². The molecule has 19 heavy (non-hydrogen) atoms. The van der Waals surface area contributed by atoms with Crippen LogP contribution in [0, 0.1) is 10.8 Å². The van der Waals surface area contributed by atoms with Crippen molar-refractivity contribution in [3.05, 3.63) is 47.0 Å². The first-order chi connectivity index (χ1) is 8.55. The molecule has 0 nitrogen and oxygen atoms in total. The molecular formula is C18H26W. The Balaban J connectivity index is 3.41. The molecule has 0 saturated heterocycles. The van der Waals surface area contributed by atoms with Crippen LogP contribution >= 0.6 is 0 Å². The molecule has 0 amide bonds. The van der Waals surface area contributed by atoms with E-state index in [1.54, 1.807) is 19.4 Å². The predicted molar refractivity (Wildman–Crippen MR) is 82.2 cm³/mol. The van der Waals surface area contributed by atoms with Crippen LogP contribution in [0.5, 0.6) is 0 Å². The molecule has 0 N–H and O–H groups in total. The summed E-state index contributed by atoms with van der Waals surface area (Å²) in [5, 5.41) is 0. The molecule has 0 atom stereocenters. The van der Waals surface area contributed by atoms with E-state index in [1.807, 2.05) is 0 Å². The predicted octanol–water partition coefficient (Wildman–Crippen LogP) is 5.16. The average Bonchev–Trinajstić information content (AvgIpc) is 2.27. The normalized spacial score (nSPS) is 14.1. The molecule has 1 aromatic carbocycles. The van der Waals surface area contributed by atoms with Gasteiger partial charge in [-0.15, -0.1) is 0 Å². The molecule has 0 spiro atoms. The minimum atomic E-state index is 0.185. The van der Waals surface area contributed by atoms with E-state index >= 15 is 0 Å². The summed E-state index contributed by atoms with van der Waals surface area (Å²) in [5.41, 5.74) is 4.81. The van der Waals surface area contributed by atoms with Crippen LogP contribution in [0.15, 0.2) is 41.5 Å². The maximum atomic E-state index is 2.32. The summed E-state index contributed by atoms with van der Waals surface area (Å²) in [6.07, 6.45) is 0. The minimum absolute atomic E-state index is 0.185. The third-order valence-corrected chi connectivity index (χ3v) is 5.09. The van der Waals surface area contributed by atoms with Crippen LogP contribution in [-0.2, 0) is 19.4 Å². The summed E-state index contributed by atoms with van der Waals surface area (Å²) < 4.78 is 1.49. The molecule has 0 aliphatic rings. The molecule has 0 unspecified atom stereocenters. The molecule has 1 heteroatoms. The van der Waals surface area contributed by atoms with Gasteiger partial charge in [-0.25, -0.2) is 0 Å². The van der Waals surface area contributed by atoms with Gasteiger partial charge < -0.3 is 0 Å². The van der Waals surface area contributed by atoms with E-state index < -0.39 is 0 Å². The van der Waals surface area contributed by atoms with Gasteiger partial charge in [-0.1, -0.05) is 0 Å². The topological polar surface area (TPSA) is 0 Å². The molecule has 1 aromatic rings. The standard InChI is InChI=1S/C18H26.W/c1-14(17(2,3)4)16(18(5,6)7)13-15-11-9-8-10-12-15;/h8-12H,1-7H3;. The Bertz CT molecular complexity index is 479. The fourth-order valence-corrected chi connectivity index (χ4v) is 4.32. The molecule has 0 aromatic heterocycles. The molecule has 0 heterocycles. The fraction of sp³-hybridized carbons (Fsp3) is 0.500. The molecule has 0 aliphatic carbocycles. The Hall–Kier alpha value is -0.482. The van der Waals surface area contributed by atoms with E-state index in [4.69, 9.17) is 0 Å². The van der Waals surface area contributed by atoms with E-state index in [0.29, 0.717) is 0 Å². The number of hydrogen-bond donors (Lipinski definition) is 0. The van der Waals surface area contributed by atoms with Crippen molar-refractivity contribution in [2.45, 2.75) is 48.5 Å². The summed E-state index contributed by atoms with van der Waals surface area (Å²) in [7, 11) is 0. The zero-order valence-corrected chi connectivity index (χ0v) is 16.2. The second-order valence-corrected chi connectivity index (χ2v) is 8.66. The molecule has 0 radical (unpaired) electrons. The zero-order valence-electron chi connectivity index (χ0n) is 13.3. The summed E-state index contributed by atoms with van der Waals surface area (Å²) in [6.45, 7) is 16.2. The van der Waals surface area contributed by atoms with Gasteiger partial charge in [0.15, 0.2) is 0 Å². The SMILES string of the molecule is CC(=C([C](=[W])c1ccccc1)C(C)(C)C)C(C)(C)C. The monoisotopic (exact) mass is 426 g/mol. The van der Waals surface area contributed by atoms with Crippen molar-refractivity contribution in [2.24, 2.45) is 10.8 Å². The molecule has 104 valence electrons. The first-order valence-electron chi connectivity index (χ1n) is 6.86. The van der Waals surface area contributed by atoms with Gasteiger partial charge in [0.05, 0.1) is 0 Å². The first kappa shape index (κ1) is 16.6. The summed E-state index contributed by atoms with van der Waals surface area (Å²) in [6, 6.07) is 10.8. The molecule has 0 bridgehead atoms. The van der Waals surface area contributed by atoms with Crippen LogP contribution in [0.3, 0.4) is 0 Å². The van der Waals surface area contributed by atoms with Gasteiger partial charge in [0.25, 0.3) is 0 Å². The Kier molecular flexibility index (Phi) is 5.13. The van der Waals surface area contributed by atoms with E-state index in [-0.39, 0.29) is 10.8 Å². The van der Waals surface area contributed by atoms with Crippen molar-refractivity contribution < 1.29 is 19.4 Å². The van der Waals surface area contributed by atoms with Crippen LogP contribution in [0.4, 0.5) is 0 Å². The maximum absolute atomic E-state index is 2.32. The van der Waals surface area contributed by atoms with E-state index in [9.17, 15) is 0 Å². The summed E-state index contributed by atoms with van der Waals surface area (Å²) >= 11 is 1.55. The third kappa shape index (κ3) is 4.25. The van der Waals surface area contributed by atoms with Gasteiger partial charge in [0.2, 0.25) is 0 Å². The van der Waals surface area contributed by atoms with Crippen LogP contribution in [0.25, 0.3) is 0 Å². The first-order valence-corrected chi connectivity index (χ1v) is 8.33. The van der Waals surface area contributed by atoms with Crippen LogP contribution < -0.4 is 0 Å². The van der Waals surface area contributed by atoms with Crippen molar-refractivity contribution in [3.8, 4) is 0 Å². The zero-order chi connectivity index (χ0) is 14.8. The van der Waals surface area contributed by atoms with E-state index in [1.165, 1.54) is 20.6 Å². The Morgan fingerprint density at radius 2 is 1.32 bits per heavy atom. The molecule has 1 rings (SSSR count). The van der Waals surface area contributed by atoms with Crippen molar-refractivity contribution in [1.82, 2.24) is 0 Å². The van der Waals surface area contributed by atoms with Crippen molar-refractivity contribution in [3.63, 3.8) is 0 Å². The van der Waals surface area contributed by atoms with E-state index in [0.717, 1.165) is 0 Å². The fourth-order valence-electron chi connectivity index (χ4n) is 2.18. The van der Waals surface area contributed by atoms with Gasteiger partial charge in [0.1, 0.15) is 0 Å². The van der Waals surface area contributed by atoms with Gasteiger partial charge in [0, 0.05) is 0 Å². The number of hydrogen-bond acceptors (Lipinski definition) is 0. The summed E-state index contributed by atoms with van der Waals surface area (Å²) in [4.78, 5) is 0. The Morgan fingerprint density at radius 1 is 0.842 bits per heavy atom. The van der Waals surface area contributed by atoms with Crippen LogP contribution in [0.1, 0.15) is 54.0 Å². The van der Waals surface area contributed by atoms with Crippen molar-refractivity contribution in [2.75, 3.05) is 0 Å². The van der Waals surface area contributed by atoms with Crippen LogP contribution in [0.2, 0.25) is 0 Å². The quantitative estimate of drug-likeness (QED) is 0.613. The average molecular weight is 426 g/mol. The van der Waals surface area contributed by atoms with Crippen LogP contribution in [-0.4, -0.2) is 3.90 Å². The second kappa shape index (κ2) is 5.88. The molecule has 0 saturated carbocycles.